The molecule has 1 aliphatic rings. The summed E-state index contributed by atoms with van der Waals surface area (Å²) < 4.78 is 1.22. The standard InChI is InChI=1S/C10H13IN.Y/c1-4-5-12-7-8(2)6-10(11)9(12)3;/h6H,3-5H2,1-2H3;/q-1;. The van der Waals surface area contributed by atoms with Crippen molar-refractivity contribution in [2.24, 2.45) is 0 Å². The van der Waals surface area contributed by atoms with Gasteiger partial charge in [-0.15, -0.1) is 12.2 Å². The minimum Gasteiger partial charge on any atom is -0.455 e. The first-order valence-corrected chi connectivity index (χ1v) is 5.17. The van der Waals surface area contributed by atoms with Gasteiger partial charge in [0, 0.05) is 32.7 Å². The number of halogens is 1. The Morgan fingerprint density at radius 3 is 2.77 bits per heavy atom. The summed E-state index contributed by atoms with van der Waals surface area (Å²) in [5.74, 6) is 0. The maximum absolute atomic E-state index is 4.00. The Kier molecular flexibility index (Phi) is 6.78. The molecule has 1 nitrogen and oxygen atoms in total. The van der Waals surface area contributed by atoms with E-state index in [0.717, 1.165) is 18.7 Å². The third-order valence-corrected chi connectivity index (χ3v) is 2.64. The fourth-order valence-electron chi connectivity index (χ4n) is 1.13. The Hall–Kier alpha value is 0.854. The minimum absolute atomic E-state index is 0. The zero-order chi connectivity index (χ0) is 9.14. The van der Waals surface area contributed by atoms with E-state index in [0.29, 0.717) is 0 Å². The van der Waals surface area contributed by atoms with Gasteiger partial charge in [0.15, 0.2) is 0 Å². The average Bonchev–Trinajstić information content (AvgIpc) is 2.00. The zero-order valence-corrected chi connectivity index (χ0v) is 13.1. The van der Waals surface area contributed by atoms with E-state index in [4.69, 9.17) is 0 Å². The Labute approximate surface area is 119 Å². The van der Waals surface area contributed by atoms with Gasteiger partial charge in [0.2, 0.25) is 0 Å². The molecule has 0 bridgehead atoms. The first-order valence-electron chi connectivity index (χ1n) is 4.09. The molecule has 0 aromatic rings. The van der Waals surface area contributed by atoms with Crippen molar-refractivity contribution in [2.75, 3.05) is 6.54 Å². The van der Waals surface area contributed by atoms with Gasteiger partial charge in [-0.25, -0.2) is 0 Å². The average molecular weight is 363 g/mol. The Morgan fingerprint density at radius 2 is 2.23 bits per heavy atom. The van der Waals surface area contributed by atoms with Crippen LogP contribution in [-0.4, -0.2) is 11.4 Å². The van der Waals surface area contributed by atoms with Crippen LogP contribution in [0.1, 0.15) is 20.3 Å². The van der Waals surface area contributed by atoms with Gasteiger partial charge in [0.1, 0.15) is 0 Å². The van der Waals surface area contributed by atoms with Crippen LogP contribution < -0.4 is 0 Å². The van der Waals surface area contributed by atoms with Gasteiger partial charge in [-0.05, 0) is 13.0 Å². The monoisotopic (exact) mass is 363 g/mol. The molecule has 0 aromatic carbocycles. The van der Waals surface area contributed by atoms with E-state index in [1.165, 1.54) is 9.15 Å². The Bertz CT molecular complexity index is 256. The van der Waals surface area contributed by atoms with Crippen LogP contribution in [0.4, 0.5) is 0 Å². The molecule has 1 heterocycles. The molecule has 1 rings (SSSR count). The number of nitrogens with zero attached hydrogens (tertiary/aromatic N) is 1. The summed E-state index contributed by atoms with van der Waals surface area (Å²) in [5.41, 5.74) is 2.25. The summed E-state index contributed by atoms with van der Waals surface area (Å²) in [7, 11) is 0. The number of hydrogen-bond acceptors (Lipinski definition) is 1. The van der Waals surface area contributed by atoms with Crippen molar-refractivity contribution in [3.63, 3.8) is 0 Å². The quantitative estimate of drug-likeness (QED) is 0.538. The van der Waals surface area contributed by atoms with Crippen LogP contribution in [0.2, 0.25) is 0 Å². The second kappa shape index (κ2) is 6.36. The molecule has 0 aromatic heterocycles. The predicted molar refractivity (Wildman–Crippen MR) is 60.7 cm³/mol. The summed E-state index contributed by atoms with van der Waals surface area (Å²) in [6.07, 6.45) is 6.50. The topological polar surface area (TPSA) is 3.24 Å². The van der Waals surface area contributed by atoms with E-state index in [1.807, 2.05) is 0 Å². The molecule has 3 heteroatoms. The van der Waals surface area contributed by atoms with Crippen molar-refractivity contribution >= 4 is 22.6 Å². The fraction of sp³-hybridized carbons (Fsp3) is 0.400. The predicted octanol–water partition coefficient (Wildman–Crippen LogP) is 3.25. The SMILES string of the molecule is C=C1C(I)=CC(C)=[C-]N1CCC.[Y]. The van der Waals surface area contributed by atoms with E-state index >= 15 is 0 Å². The molecular weight excluding hydrogens is 350 g/mol. The van der Waals surface area contributed by atoms with E-state index in [2.05, 4.69) is 60.2 Å². The number of hydrogen-bond donors (Lipinski definition) is 0. The molecule has 0 saturated heterocycles. The van der Waals surface area contributed by atoms with Gasteiger partial charge in [0.05, 0.1) is 0 Å². The van der Waals surface area contributed by atoms with Gasteiger partial charge in [-0.1, -0.05) is 51.9 Å². The zero-order valence-electron chi connectivity index (χ0n) is 8.10. The van der Waals surface area contributed by atoms with Crippen LogP contribution in [0.15, 0.2) is 27.5 Å². The molecule has 0 N–H and O–H groups in total. The maximum Gasteiger partial charge on any atom is 0 e. The summed E-state index contributed by atoms with van der Waals surface area (Å²) >= 11 is 2.31. The van der Waals surface area contributed by atoms with E-state index in [9.17, 15) is 0 Å². The number of allylic oxidation sites excluding steroid dienone is 3. The molecule has 13 heavy (non-hydrogen) atoms. The maximum atomic E-state index is 4.00. The number of rotatable bonds is 2. The first-order chi connectivity index (χ1) is 5.65. The first kappa shape index (κ1) is 13.9. The fourth-order valence-corrected chi connectivity index (χ4v) is 1.89. The van der Waals surface area contributed by atoms with Crippen LogP contribution in [0, 0.1) is 6.20 Å². The van der Waals surface area contributed by atoms with Crippen LogP contribution >= 0.6 is 22.6 Å². The smallest absolute Gasteiger partial charge is 0 e. The molecule has 0 saturated carbocycles. The normalized spacial score (nSPS) is 16.2. The molecule has 1 aliphatic heterocycles. The van der Waals surface area contributed by atoms with Crippen LogP contribution in [-0.2, 0) is 32.7 Å². The summed E-state index contributed by atoms with van der Waals surface area (Å²) in [4.78, 5) is 2.09. The van der Waals surface area contributed by atoms with Gasteiger partial charge >= 0.3 is 0 Å². The summed E-state index contributed by atoms with van der Waals surface area (Å²) in [6, 6.07) is 0. The Morgan fingerprint density at radius 1 is 1.62 bits per heavy atom. The molecule has 69 valence electrons. The van der Waals surface area contributed by atoms with E-state index in [-0.39, 0.29) is 32.7 Å². The largest absolute Gasteiger partial charge is 0.455 e. The molecular formula is C10H13INY-. The van der Waals surface area contributed by atoms with E-state index < -0.39 is 0 Å². The van der Waals surface area contributed by atoms with E-state index in [1.54, 1.807) is 0 Å². The van der Waals surface area contributed by atoms with Crippen molar-refractivity contribution in [3.8, 4) is 0 Å². The van der Waals surface area contributed by atoms with Crippen molar-refractivity contribution in [3.05, 3.63) is 33.7 Å². The molecule has 0 aliphatic carbocycles. The van der Waals surface area contributed by atoms with Crippen molar-refractivity contribution in [1.82, 2.24) is 4.90 Å². The van der Waals surface area contributed by atoms with Crippen molar-refractivity contribution in [2.45, 2.75) is 20.3 Å². The second-order valence-electron chi connectivity index (χ2n) is 2.89. The minimum atomic E-state index is 0. The molecule has 0 spiro atoms. The molecule has 0 fully saturated rings. The van der Waals surface area contributed by atoms with Gasteiger partial charge in [-0.3, -0.25) is 0 Å². The van der Waals surface area contributed by atoms with Gasteiger partial charge in [-0.2, -0.15) is 6.08 Å². The molecule has 0 unspecified atom stereocenters. The van der Waals surface area contributed by atoms with Crippen molar-refractivity contribution in [1.29, 1.82) is 0 Å². The molecule has 1 radical (unpaired) electrons. The third kappa shape index (κ3) is 3.84. The third-order valence-electron chi connectivity index (χ3n) is 1.70. The second-order valence-corrected chi connectivity index (χ2v) is 4.05. The molecule has 0 amide bonds. The summed E-state index contributed by atoms with van der Waals surface area (Å²) in [5, 5.41) is 0. The Balaban J connectivity index is 0.00000144. The van der Waals surface area contributed by atoms with Gasteiger partial charge in [0.25, 0.3) is 0 Å². The van der Waals surface area contributed by atoms with Crippen LogP contribution in [0.5, 0.6) is 0 Å². The summed E-state index contributed by atoms with van der Waals surface area (Å²) in [6.45, 7) is 9.24. The van der Waals surface area contributed by atoms with Gasteiger partial charge < -0.3 is 4.90 Å². The van der Waals surface area contributed by atoms with Crippen molar-refractivity contribution < 1.29 is 32.7 Å². The van der Waals surface area contributed by atoms with Crippen LogP contribution in [0.3, 0.4) is 0 Å². The molecule has 0 atom stereocenters. The van der Waals surface area contributed by atoms with Crippen LogP contribution in [0.25, 0.3) is 0 Å².